The molecular weight excluding hydrogens is 456 g/mol. The van der Waals surface area contributed by atoms with Crippen LogP contribution in [0.2, 0.25) is 0 Å². The summed E-state index contributed by atoms with van der Waals surface area (Å²) in [7, 11) is 3.00. The molecule has 34 heavy (non-hydrogen) atoms. The van der Waals surface area contributed by atoms with Gasteiger partial charge in [-0.05, 0) is 72.9 Å². The van der Waals surface area contributed by atoms with Crippen LogP contribution in [0.25, 0.3) is 16.6 Å². The van der Waals surface area contributed by atoms with Crippen molar-refractivity contribution < 1.29 is 19.1 Å². The normalized spacial score (nSPS) is 10.6. The maximum Gasteiger partial charge on any atom is 0.266 e. The highest BCUT2D eigenvalue weighted by molar-refractivity contribution is 7.71. The van der Waals surface area contributed by atoms with Crippen molar-refractivity contribution in [2.45, 2.75) is 0 Å². The lowest BCUT2D eigenvalue weighted by Gasteiger charge is -2.12. The van der Waals surface area contributed by atoms with Gasteiger partial charge in [-0.1, -0.05) is 0 Å². The molecule has 4 aromatic rings. The molecule has 1 aromatic heterocycles. The van der Waals surface area contributed by atoms with Crippen molar-refractivity contribution >= 4 is 40.6 Å². The van der Waals surface area contributed by atoms with Crippen LogP contribution in [0.1, 0.15) is 20.7 Å². The van der Waals surface area contributed by atoms with Crippen molar-refractivity contribution in [3.8, 4) is 17.2 Å². The van der Waals surface area contributed by atoms with Crippen LogP contribution < -0.4 is 26.1 Å². The number of aromatic nitrogens is 2. The molecular formula is C24H20N4O5S. The van der Waals surface area contributed by atoms with E-state index in [9.17, 15) is 14.4 Å². The van der Waals surface area contributed by atoms with E-state index in [0.717, 1.165) is 0 Å². The number of hydrogen-bond acceptors (Lipinski definition) is 6. The number of benzene rings is 3. The van der Waals surface area contributed by atoms with Crippen LogP contribution in [0.5, 0.6) is 11.5 Å². The van der Waals surface area contributed by atoms with Gasteiger partial charge in [0, 0.05) is 11.1 Å². The van der Waals surface area contributed by atoms with Gasteiger partial charge in [-0.25, -0.2) is 0 Å². The Hall–Kier alpha value is -4.44. The number of ether oxygens (including phenoxy) is 2. The highest BCUT2D eigenvalue weighted by Gasteiger charge is 2.15. The number of anilines is 1. The van der Waals surface area contributed by atoms with Gasteiger partial charge in [-0.15, -0.1) is 0 Å². The quantitative estimate of drug-likeness (QED) is 0.366. The number of methoxy groups -OCH3 is 2. The number of carbonyl (C=O) groups is 2. The first-order chi connectivity index (χ1) is 16.3. The molecule has 4 rings (SSSR count). The lowest BCUT2D eigenvalue weighted by molar-refractivity contribution is 0.0996. The zero-order valence-electron chi connectivity index (χ0n) is 18.2. The summed E-state index contributed by atoms with van der Waals surface area (Å²) in [4.78, 5) is 40.6. The summed E-state index contributed by atoms with van der Waals surface area (Å²) in [6.45, 7) is 0. The topological polar surface area (TPSA) is 128 Å². The Balaban J connectivity index is 1.71. The molecule has 2 amide bonds. The first kappa shape index (κ1) is 22.7. The maximum absolute atomic E-state index is 13.1. The minimum atomic E-state index is -0.635. The van der Waals surface area contributed by atoms with Gasteiger partial charge in [0.25, 0.3) is 11.5 Å². The van der Waals surface area contributed by atoms with Gasteiger partial charge in [-0.3, -0.25) is 19.0 Å². The Bertz CT molecular complexity index is 1540. The van der Waals surface area contributed by atoms with E-state index in [0.29, 0.717) is 28.1 Å². The minimum absolute atomic E-state index is 0.177. The number of amides is 2. The molecule has 0 aliphatic heterocycles. The molecule has 0 spiro atoms. The zero-order chi connectivity index (χ0) is 24.4. The second kappa shape index (κ2) is 9.20. The number of nitrogens with zero attached hydrogens (tertiary/aromatic N) is 1. The van der Waals surface area contributed by atoms with Gasteiger partial charge in [0.15, 0.2) is 4.77 Å². The molecule has 4 N–H and O–H groups in total. The monoisotopic (exact) mass is 476 g/mol. The van der Waals surface area contributed by atoms with Crippen LogP contribution in [-0.4, -0.2) is 35.6 Å². The zero-order valence-corrected chi connectivity index (χ0v) is 19.1. The van der Waals surface area contributed by atoms with E-state index >= 15 is 0 Å². The van der Waals surface area contributed by atoms with E-state index in [4.69, 9.17) is 27.4 Å². The fraction of sp³-hybridized carbons (Fsp3) is 0.0833. The van der Waals surface area contributed by atoms with Gasteiger partial charge in [0.2, 0.25) is 5.91 Å². The highest BCUT2D eigenvalue weighted by Crippen LogP contribution is 2.26. The number of H-pyrrole nitrogens is 1. The number of rotatable bonds is 6. The van der Waals surface area contributed by atoms with Crippen molar-refractivity contribution in [3.63, 3.8) is 0 Å². The molecule has 172 valence electrons. The van der Waals surface area contributed by atoms with Gasteiger partial charge < -0.3 is 25.5 Å². The Morgan fingerprint density at radius 2 is 1.68 bits per heavy atom. The van der Waals surface area contributed by atoms with Crippen molar-refractivity contribution in [1.29, 1.82) is 0 Å². The number of fused-ring (bicyclic) bond motifs is 1. The molecule has 0 aliphatic carbocycles. The predicted molar refractivity (Wildman–Crippen MR) is 131 cm³/mol. The smallest absolute Gasteiger partial charge is 0.266 e. The van der Waals surface area contributed by atoms with Crippen LogP contribution in [0.15, 0.2) is 65.5 Å². The average molecular weight is 477 g/mol. The fourth-order valence-corrected chi connectivity index (χ4v) is 3.78. The van der Waals surface area contributed by atoms with Crippen LogP contribution in [0.4, 0.5) is 5.69 Å². The van der Waals surface area contributed by atoms with Crippen LogP contribution in [-0.2, 0) is 0 Å². The van der Waals surface area contributed by atoms with E-state index in [2.05, 4.69) is 10.3 Å². The summed E-state index contributed by atoms with van der Waals surface area (Å²) in [6.07, 6.45) is 0. The Morgan fingerprint density at radius 3 is 2.32 bits per heavy atom. The Morgan fingerprint density at radius 1 is 0.971 bits per heavy atom. The van der Waals surface area contributed by atoms with E-state index in [1.165, 1.54) is 42.0 Å². The maximum atomic E-state index is 13.1. The van der Waals surface area contributed by atoms with Crippen LogP contribution in [0.3, 0.4) is 0 Å². The van der Waals surface area contributed by atoms with E-state index in [1.54, 1.807) is 37.4 Å². The molecule has 0 saturated heterocycles. The molecule has 0 fully saturated rings. The van der Waals surface area contributed by atoms with Crippen molar-refractivity contribution in [2.24, 2.45) is 5.73 Å². The molecule has 0 bridgehead atoms. The van der Waals surface area contributed by atoms with Gasteiger partial charge in [0.05, 0.1) is 36.5 Å². The van der Waals surface area contributed by atoms with E-state index < -0.39 is 11.8 Å². The Labute approximate surface area is 198 Å². The van der Waals surface area contributed by atoms with Crippen molar-refractivity contribution in [1.82, 2.24) is 9.55 Å². The van der Waals surface area contributed by atoms with Crippen LogP contribution >= 0.6 is 12.2 Å². The number of hydrogen-bond donors (Lipinski definition) is 3. The molecule has 0 atom stereocenters. The first-order valence-electron chi connectivity index (χ1n) is 10.0. The molecule has 0 radical (unpaired) electrons. The largest absolute Gasteiger partial charge is 0.497 e. The third-order valence-electron chi connectivity index (χ3n) is 5.22. The summed E-state index contributed by atoms with van der Waals surface area (Å²) in [5.74, 6) is -0.0906. The summed E-state index contributed by atoms with van der Waals surface area (Å²) >= 11 is 5.41. The Kier molecular flexibility index (Phi) is 6.15. The van der Waals surface area contributed by atoms with E-state index in [-0.39, 0.29) is 27.1 Å². The SMILES string of the molecule is COc1ccc(-n2c(=S)[nH]c3cc(C(=O)Nc4cc(C(N)=O)ccc4OC)ccc3c2=O)cc1. The number of primary amides is 1. The first-order valence-corrected chi connectivity index (χ1v) is 10.5. The standard InChI is InChI=1S/C24H20N4O5S/c1-32-16-7-5-15(6-8-16)28-23(31)17-9-3-14(12-18(17)27-24(28)34)22(30)26-19-11-13(21(25)29)4-10-20(19)33-2/h3-12H,1-2H3,(H2,25,29)(H,26,30)(H,27,34). The van der Waals surface area contributed by atoms with Crippen LogP contribution in [0, 0.1) is 4.77 Å². The fourth-order valence-electron chi connectivity index (χ4n) is 3.48. The molecule has 0 unspecified atom stereocenters. The minimum Gasteiger partial charge on any atom is -0.497 e. The van der Waals surface area contributed by atoms with E-state index in [1.807, 2.05) is 0 Å². The second-order valence-electron chi connectivity index (χ2n) is 7.26. The summed E-state index contributed by atoms with van der Waals surface area (Å²) in [6, 6.07) is 16.0. The summed E-state index contributed by atoms with van der Waals surface area (Å²) < 4.78 is 12.0. The second-order valence-corrected chi connectivity index (χ2v) is 7.65. The third-order valence-corrected chi connectivity index (χ3v) is 5.51. The van der Waals surface area contributed by atoms with Gasteiger partial charge in [-0.2, -0.15) is 0 Å². The third kappa shape index (κ3) is 4.26. The highest BCUT2D eigenvalue weighted by atomic mass is 32.1. The van der Waals surface area contributed by atoms with Crippen molar-refractivity contribution in [2.75, 3.05) is 19.5 Å². The average Bonchev–Trinajstić information content (AvgIpc) is 2.84. The molecule has 9 nitrogen and oxygen atoms in total. The lowest BCUT2D eigenvalue weighted by Crippen LogP contribution is -2.21. The number of carbonyl (C=O) groups excluding carboxylic acids is 2. The molecule has 3 aromatic carbocycles. The number of nitrogens with two attached hydrogens (primary N) is 1. The summed E-state index contributed by atoms with van der Waals surface area (Å²) in [5, 5.41) is 3.06. The van der Waals surface area contributed by atoms with Crippen molar-refractivity contribution in [3.05, 3.63) is 86.9 Å². The summed E-state index contributed by atoms with van der Waals surface area (Å²) in [5.41, 5.74) is 6.77. The molecule has 0 aliphatic rings. The number of aromatic amines is 1. The van der Waals surface area contributed by atoms with Gasteiger partial charge in [0.1, 0.15) is 11.5 Å². The molecule has 10 heteroatoms. The van der Waals surface area contributed by atoms with Gasteiger partial charge >= 0.3 is 0 Å². The molecule has 0 saturated carbocycles. The molecule has 1 heterocycles. The lowest BCUT2D eigenvalue weighted by atomic mass is 10.1. The predicted octanol–water partition coefficient (Wildman–Crippen LogP) is 3.42. The number of nitrogens with one attached hydrogen (secondary N) is 2.